The first kappa shape index (κ1) is 18.2. The first-order valence-corrected chi connectivity index (χ1v) is 9.16. The van der Waals surface area contributed by atoms with Gasteiger partial charge in [0.05, 0.1) is 26.2 Å². The van der Waals surface area contributed by atoms with Crippen molar-refractivity contribution < 1.29 is 28.4 Å². The summed E-state index contributed by atoms with van der Waals surface area (Å²) in [5, 5.41) is 2.77. The summed E-state index contributed by atoms with van der Waals surface area (Å²) in [6, 6.07) is 10.9. The van der Waals surface area contributed by atoms with Crippen LogP contribution in [0.5, 0.6) is 11.5 Å². The Morgan fingerprint density at radius 1 is 1.04 bits per heavy atom. The van der Waals surface area contributed by atoms with E-state index in [9.17, 15) is 14.0 Å². The van der Waals surface area contributed by atoms with Crippen molar-refractivity contribution >= 4 is 17.5 Å². The summed E-state index contributed by atoms with van der Waals surface area (Å²) in [5.41, 5.74) is 1.14. The molecule has 28 heavy (non-hydrogen) atoms. The molecule has 2 aromatic rings. The lowest BCUT2D eigenvalue weighted by molar-refractivity contribution is -0.895. The van der Waals surface area contributed by atoms with Crippen LogP contribution in [0.4, 0.5) is 10.1 Å². The second kappa shape index (κ2) is 7.85. The summed E-state index contributed by atoms with van der Waals surface area (Å²) in [6.45, 7) is 3.01. The van der Waals surface area contributed by atoms with E-state index in [1.54, 1.807) is 23.1 Å². The van der Waals surface area contributed by atoms with Crippen LogP contribution in [-0.2, 0) is 4.79 Å². The van der Waals surface area contributed by atoms with Crippen LogP contribution in [0.15, 0.2) is 42.5 Å². The number of benzene rings is 2. The number of amides is 2. The Morgan fingerprint density at radius 2 is 1.75 bits per heavy atom. The van der Waals surface area contributed by atoms with Gasteiger partial charge in [0, 0.05) is 11.3 Å². The number of piperazine rings is 1. The molecule has 0 spiro atoms. The number of hydrogen-bond donors (Lipinski definition) is 2. The van der Waals surface area contributed by atoms with Gasteiger partial charge in [-0.25, -0.2) is 4.39 Å². The number of nitrogens with one attached hydrogen (secondary N) is 2. The van der Waals surface area contributed by atoms with Crippen molar-refractivity contribution in [1.29, 1.82) is 0 Å². The molecule has 0 atom stereocenters. The summed E-state index contributed by atoms with van der Waals surface area (Å²) in [7, 11) is 0. The standard InChI is InChI=1S/C20H20FN3O4/c21-15-2-4-16(5-3-15)22-19(25)12-23-7-9-24(10-8-23)20(26)14-1-6-17-18(11-14)28-13-27-17/h1-6,11H,7-10,12-13H2,(H,22,25)/p+1. The van der Waals surface area contributed by atoms with Crippen molar-refractivity contribution in [2.45, 2.75) is 0 Å². The molecule has 0 aliphatic carbocycles. The van der Waals surface area contributed by atoms with Gasteiger partial charge in [0.25, 0.3) is 11.8 Å². The molecule has 0 aromatic heterocycles. The number of anilines is 1. The van der Waals surface area contributed by atoms with Crippen LogP contribution >= 0.6 is 0 Å². The van der Waals surface area contributed by atoms with Crippen LogP contribution in [0.25, 0.3) is 0 Å². The molecule has 0 bridgehead atoms. The van der Waals surface area contributed by atoms with Crippen molar-refractivity contribution in [3.8, 4) is 11.5 Å². The third-order valence-corrected chi connectivity index (χ3v) is 4.92. The predicted molar refractivity (Wildman–Crippen MR) is 99.1 cm³/mol. The summed E-state index contributed by atoms with van der Waals surface area (Å²) < 4.78 is 23.5. The van der Waals surface area contributed by atoms with Gasteiger partial charge >= 0.3 is 0 Å². The van der Waals surface area contributed by atoms with Crippen LogP contribution in [0.1, 0.15) is 10.4 Å². The normalized spacial score (nSPS) is 16.1. The minimum Gasteiger partial charge on any atom is -0.454 e. The van der Waals surface area contributed by atoms with E-state index in [-0.39, 0.29) is 24.4 Å². The Balaban J connectivity index is 1.27. The fourth-order valence-electron chi connectivity index (χ4n) is 3.38. The average Bonchev–Trinajstić information content (AvgIpc) is 3.17. The first-order valence-electron chi connectivity index (χ1n) is 9.16. The monoisotopic (exact) mass is 386 g/mol. The second-order valence-electron chi connectivity index (χ2n) is 6.84. The molecule has 7 nitrogen and oxygen atoms in total. The molecular weight excluding hydrogens is 365 g/mol. The zero-order valence-corrected chi connectivity index (χ0v) is 15.2. The quantitative estimate of drug-likeness (QED) is 0.804. The van der Waals surface area contributed by atoms with Gasteiger partial charge in [0.1, 0.15) is 5.82 Å². The summed E-state index contributed by atoms with van der Waals surface area (Å²) >= 11 is 0. The minimum absolute atomic E-state index is 0.0480. The molecule has 8 heteroatoms. The van der Waals surface area contributed by atoms with Crippen molar-refractivity contribution in [3.63, 3.8) is 0 Å². The van der Waals surface area contributed by atoms with Crippen LogP contribution in [0.3, 0.4) is 0 Å². The first-order chi connectivity index (χ1) is 13.6. The van der Waals surface area contributed by atoms with Crippen LogP contribution in [0.2, 0.25) is 0 Å². The van der Waals surface area contributed by atoms with Crippen LogP contribution in [0, 0.1) is 5.82 Å². The number of rotatable bonds is 4. The largest absolute Gasteiger partial charge is 0.454 e. The van der Waals surface area contributed by atoms with Crippen LogP contribution < -0.4 is 19.7 Å². The maximum atomic E-state index is 12.9. The maximum absolute atomic E-state index is 12.9. The van der Waals surface area contributed by atoms with E-state index < -0.39 is 0 Å². The fraction of sp³-hybridized carbons (Fsp3) is 0.300. The number of fused-ring (bicyclic) bond motifs is 1. The molecule has 0 unspecified atom stereocenters. The fourth-order valence-corrected chi connectivity index (χ4v) is 3.38. The zero-order valence-electron chi connectivity index (χ0n) is 15.2. The van der Waals surface area contributed by atoms with E-state index in [2.05, 4.69) is 5.32 Å². The Labute approximate surface area is 161 Å². The summed E-state index contributed by atoms with van der Waals surface area (Å²) in [4.78, 5) is 27.8. The van der Waals surface area contributed by atoms with Gasteiger partial charge in [0.15, 0.2) is 18.0 Å². The number of carbonyl (C=O) groups is 2. The number of ether oxygens (including phenoxy) is 2. The minimum atomic E-state index is -0.341. The lowest BCUT2D eigenvalue weighted by Crippen LogP contribution is -3.15. The van der Waals surface area contributed by atoms with Crippen molar-refractivity contribution in [2.24, 2.45) is 0 Å². The molecule has 0 saturated carbocycles. The van der Waals surface area contributed by atoms with Gasteiger partial charge in [-0.05, 0) is 42.5 Å². The third kappa shape index (κ3) is 4.07. The van der Waals surface area contributed by atoms with Crippen molar-refractivity contribution in [3.05, 3.63) is 53.8 Å². The molecule has 4 rings (SSSR count). The molecule has 2 N–H and O–H groups in total. The number of hydrogen-bond acceptors (Lipinski definition) is 4. The van der Waals surface area contributed by atoms with Crippen molar-refractivity contribution in [1.82, 2.24) is 4.90 Å². The molecule has 2 aliphatic rings. The van der Waals surface area contributed by atoms with Gasteiger partial charge in [-0.3, -0.25) is 9.59 Å². The lowest BCUT2D eigenvalue weighted by atomic mass is 10.1. The SMILES string of the molecule is O=C(C[NH+]1CCN(C(=O)c2ccc3c(c2)OCO3)CC1)Nc1ccc(F)cc1. The van der Waals surface area contributed by atoms with Gasteiger partial charge in [-0.2, -0.15) is 0 Å². The topological polar surface area (TPSA) is 72.3 Å². The number of nitrogens with zero attached hydrogens (tertiary/aromatic N) is 1. The molecule has 2 aliphatic heterocycles. The molecule has 2 amide bonds. The summed E-state index contributed by atoms with van der Waals surface area (Å²) in [6.07, 6.45) is 0. The molecule has 2 aromatic carbocycles. The third-order valence-electron chi connectivity index (χ3n) is 4.92. The van der Waals surface area contributed by atoms with E-state index in [0.29, 0.717) is 55.5 Å². The molecular formula is C20H21FN3O4+. The molecule has 0 radical (unpaired) electrons. The smallest absolute Gasteiger partial charge is 0.279 e. The Bertz CT molecular complexity index is 880. The van der Waals surface area contributed by atoms with Gasteiger partial charge in [-0.1, -0.05) is 0 Å². The van der Waals surface area contributed by atoms with Crippen molar-refractivity contribution in [2.75, 3.05) is 44.8 Å². The number of carbonyl (C=O) groups excluding carboxylic acids is 2. The Kier molecular flexibility index (Phi) is 5.12. The van der Waals surface area contributed by atoms with E-state index in [0.717, 1.165) is 4.90 Å². The number of halogens is 1. The highest BCUT2D eigenvalue weighted by Crippen LogP contribution is 2.32. The lowest BCUT2D eigenvalue weighted by Gasteiger charge is -2.32. The van der Waals surface area contributed by atoms with E-state index in [4.69, 9.17) is 9.47 Å². The van der Waals surface area contributed by atoms with Gasteiger partial charge in [-0.15, -0.1) is 0 Å². The number of quaternary nitrogens is 1. The predicted octanol–water partition coefficient (Wildman–Crippen LogP) is 0.534. The highest BCUT2D eigenvalue weighted by molar-refractivity contribution is 5.95. The molecule has 1 saturated heterocycles. The van der Waals surface area contributed by atoms with Gasteiger partial charge in [0.2, 0.25) is 6.79 Å². The molecule has 1 fully saturated rings. The van der Waals surface area contributed by atoms with E-state index in [1.807, 2.05) is 0 Å². The van der Waals surface area contributed by atoms with Gasteiger partial charge < -0.3 is 24.6 Å². The maximum Gasteiger partial charge on any atom is 0.279 e. The van der Waals surface area contributed by atoms with E-state index in [1.165, 1.54) is 24.3 Å². The highest BCUT2D eigenvalue weighted by Gasteiger charge is 2.27. The Hall–Kier alpha value is -3.13. The van der Waals surface area contributed by atoms with E-state index >= 15 is 0 Å². The van der Waals surface area contributed by atoms with Crippen LogP contribution in [-0.4, -0.2) is 56.2 Å². The molecule has 146 valence electrons. The Morgan fingerprint density at radius 3 is 2.50 bits per heavy atom. The highest BCUT2D eigenvalue weighted by atomic mass is 19.1. The molecule has 2 heterocycles. The summed E-state index contributed by atoms with van der Waals surface area (Å²) in [5.74, 6) is 0.725. The second-order valence-corrected chi connectivity index (χ2v) is 6.84. The zero-order chi connectivity index (χ0) is 19.5. The average molecular weight is 386 g/mol.